The maximum absolute atomic E-state index is 11.7. The third-order valence-electron chi connectivity index (χ3n) is 2.69. The molecule has 4 heteroatoms. The highest BCUT2D eigenvalue weighted by molar-refractivity contribution is 5.78. The lowest BCUT2D eigenvalue weighted by molar-refractivity contribution is -0.120. The maximum Gasteiger partial charge on any atom is 0.224 e. The van der Waals surface area contributed by atoms with E-state index in [1.807, 2.05) is 18.2 Å². The van der Waals surface area contributed by atoms with Crippen molar-refractivity contribution in [1.29, 1.82) is 5.26 Å². The molecule has 0 aliphatic rings. The van der Waals surface area contributed by atoms with Gasteiger partial charge in [0, 0.05) is 18.9 Å². The number of nitrogens with one attached hydrogen (secondary N) is 1. The number of carbonyl (C=O) groups is 1. The van der Waals surface area contributed by atoms with Crippen molar-refractivity contribution in [2.75, 3.05) is 0 Å². The van der Waals surface area contributed by atoms with E-state index in [-0.39, 0.29) is 5.91 Å². The SMILES string of the molecule is N#Cc1ccc(CC(=O)NCc2ccncc2)cc1. The summed E-state index contributed by atoms with van der Waals surface area (Å²) in [4.78, 5) is 15.7. The maximum atomic E-state index is 11.7. The van der Waals surface area contributed by atoms with Crippen LogP contribution in [0.15, 0.2) is 48.8 Å². The van der Waals surface area contributed by atoms with Gasteiger partial charge in [-0.15, -0.1) is 0 Å². The number of carbonyl (C=O) groups excluding carboxylic acids is 1. The molecule has 0 fully saturated rings. The van der Waals surface area contributed by atoms with Crippen molar-refractivity contribution in [3.8, 4) is 6.07 Å². The molecule has 1 N–H and O–H groups in total. The van der Waals surface area contributed by atoms with Gasteiger partial charge in [-0.05, 0) is 35.4 Å². The highest BCUT2D eigenvalue weighted by Crippen LogP contribution is 2.04. The summed E-state index contributed by atoms with van der Waals surface area (Å²) in [6.07, 6.45) is 3.71. The van der Waals surface area contributed by atoms with Crippen molar-refractivity contribution in [2.24, 2.45) is 0 Å². The molecule has 0 aliphatic carbocycles. The Hall–Kier alpha value is -2.67. The minimum absolute atomic E-state index is 0.0403. The van der Waals surface area contributed by atoms with Crippen LogP contribution in [0.4, 0.5) is 0 Å². The van der Waals surface area contributed by atoms with Gasteiger partial charge in [-0.2, -0.15) is 5.26 Å². The van der Waals surface area contributed by atoms with Crippen LogP contribution in [0.25, 0.3) is 0 Å². The molecule has 0 radical (unpaired) electrons. The Morgan fingerprint density at radius 3 is 2.42 bits per heavy atom. The first kappa shape index (κ1) is 12.8. The lowest BCUT2D eigenvalue weighted by Crippen LogP contribution is -2.24. The molecule has 1 aromatic heterocycles. The molecular weight excluding hydrogens is 238 g/mol. The highest BCUT2D eigenvalue weighted by Gasteiger charge is 2.03. The van der Waals surface area contributed by atoms with Crippen LogP contribution in [0.5, 0.6) is 0 Å². The Morgan fingerprint density at radius 2 is 1.79 bits per heavy atom. The monoisotopic (exact) mass is 251 g/mol. The molecule has 19 heavy (non-hydrogen) atoms. The number of pyridine rings is 1. The average Bonchev–Trinajstić information content (AvgIpc) is 2.47. The highest BCUT2D eigenvalue weighted by atomic mass is 16.1. The summed E-state index contributed by atoms with van der Waals surface area (Å²) in [5, 5.41) is 11.5. The smallest absolute Gasteiger partial charge is 0.224 e. The zero-order chi connectivity index (χ0) is 13.5. The fourth-order valence-electron chi connectivity index (χ4n) is 1.65. The van der Waals surface area contributed by atoms with Gasteiger partial charge in [0.15, 0.2) is 0 Å². The molecule has 1 amide bonds. The summed E-state index contributed by atoms with van der Waals surface area (Å²) in [5.41, 5.74) is 2.51. The Balaban J connectivity index is 1.86. The Labute approximate surface area is 111 Å². The molecule has 1 heterocycles. The van der Waals surface area contributed by atoms with Crippen LogP contribution in [0, 0.1) is 11.3 Å². The van der Waals surface area contributed by atoms with E-state index in [0.717, 1.165) is 11.1 Å². The molecule has 0 saturated heterocycles. The number of amides is 1. The standard InChI is InChI=1S/C15H13N3O/c16-10-13-3-1-12(2-4-13)9-15(19)18-11-14-5-7-17-8-6-14/h1-8H,9,11H2,(H,18,19). The molecule has 94 valence electrons. The molecule has 2 aromatic rings. The number of nitriles is 1. The predicted octanol–water partition coefficient (Wildman–Crippen LogP) is 1.81. The van der Waals surface area contributed by atoms with Crippen molar-refractivity contribution in [3.63, 3.8) is 0 Å². The van der Waals surface area contributed by atoms with Crippen LogP contribution in [-0.4, -0.2) is 10.9 Å². The lowest BCUT2D eigenvalue weighted by atomic mass is 10.1. The Kier molecular flexibility index (Phi) is 4.25. The minimum Gasteiger partial charge on any atom is -0.352 e. The van der Waals surface area contributed by atoms with Crippen LogP contribution in [0.2, 0.25) is 0 Å². The quantitative estimate of drug-likeness (QED) is 0.901. The van der Waals surface area contributed by atoms with Gasteiger partial charge in [0.1, 0.15) is 0 Å². The first-order valence-electron chi connectivity index (χ1n) is 5.92. The van der Waals surface area contributed by atoms with E-state index in [2.05, 4.69) is 10.3 Å². The molecule has 4 nitrogen and oxygen atoms in total. The molecule has 2 rings (SSSR count). The summed E-state index contributed by atoms with van der Waals surface area (Å²) in [5.74, 6) is -0.0403. The number of hydrogen-bond acceptors (Lipinski definition) is 3. The first-order valence-corrected chi connectivity index (χ1v) is 5.92. The van der Waals surface area contributed by atoms with E-state index in [4.69, 9.17) is 5.26 Å². The predicted molar refractivity (Wildman–Crippen MR) is 70.9 cm³/mol. The van der Waals surface area contributed by atoms with E-state index >= 15 is 0 Å². The summed E-state index contributed by atoms with van der Waals surface area (Å²) < 4.78 is 0. The van der Waals surface area contributed by atoms with E-state index in [1.54, 1.807) is 36.7 Å². The zero-order valence-electron chi connectivity index (χ0n) is 10.3. The largest absolute Gasteiger partial charge is 0.352 e. The van der Waals surface area contributed by atoms with Gasteiger partial charge in [-0.25, -0.2) is 0 Å². The van der Waals surface area contributed by atoms with Crippen LogP contribution in [0.3, 0.4) is 0 Å². The minimum atomic E-state index is -0.0403. The average molecular weight is 251 g/mol. The lowest BCUT2D eigenvalue weighted by Gasteiger charge is -2.05. The third kappa shape index (κ3) is 3.93. The van der Waals surface area contributed by atoms with Gasteiger partial charge >= 0.3 is 0 Å². The van der Waals surface area contributed by atoms with E-state index in [0.29, 0.717) is 18.5 Å². The van der Waals surface area contributed by atoms with Crippen LogP contribution >= 0.6 is 0 Å². The van der Waals surface area contributed by atoms with Crippen molar-refractivity contribution in [2.45, 2.75) is 13.0 Å². The fourth-order valence-corrected chi connectivity index (χ4v) is 1.65. The third-order valence-corrected chi connectivity index (χ3v) is 2.69. The summed E-state index contributed by atoms with van der Waals surface area (Å²) in [7, 11) is 0. The number of benzene rings is 1. The number of rotatable bonds is 4. The molecule has 0 spiro atoms. The van der Waals surface area contributed by atoms with E-state index in [9.17, 15) is 4.79 Å². The van der Waals surface area contributed by atoms with Crippen LogP contribution in [0.1, 0.15) is 16.7 Å². The van der Waals surface area contributed by atoms with Gasteiger partial charge < -0.3 is 5.32 Å². The van der Waals surface area contributed by atoms with Crippen molar-refractivity contribution < 1.29 is 4.79 Å². The summed E-state index contributed by atoms with van der Waals surface area (Å²) in [6, 6.07) is 12.8. The topological polar surface area (TPSA) is 65.8 Å². The Morgan fingerprint density at radius 1 is 1.11 bits per heavy atom. The van der Waals surface area contributed by atoms with Gasteiger partial charge in [-0.1, -0.05) is 12.1 Å². The zero-order valence-corrected chi connectivity index (χ0v) is 10.3. The summed E-state index contributed by atoms with van der Waals surface area (Å²) >= 11 is 0. The normalized spacial score (nSPS) is 9.63. The molecule has 0 bridgehead atoms. The number of aromatic nitrogens is 1. The Bertz CT molecular complexity index is 585. The molecule has 0 atom stereocenters. The summed E-state index contributed by atoms with van der Waals surface area (Å²) in [6.45, 7) is 0.498. The van der Waals surface area contributed by atoms with E-state index < -0.39 is 0 Å². The van der Waals surface area contributed by atoms with E-state index in [1.165, 1.54) is 0 Å². The van der Waals surface area contributed by atoms with Crippen molar-refractivity contribution >= 4 is 5.91 Å². The second kappa shape index (κ2) is 6.31. The van der Waals surface area contributed by atoms with Gasteiger partial charge in [-0.3, -0.25) is 9.78 Å². The van der Waals surface area contributed by atoms with Crippen molar-refractivity contribution in [3.05, 3.63) is 65.5 Å². The number of nitrogens with zero attached hydrogens (tertiary/aromatic N) is 2. The second-order valence-electron chi connectivity index (χ2n) is 4.12. The molecular formula is C15H13N3O. The van der Waals surface area contributed by atoms with Crippen LogP contribution in [-0.2, 0) is 17.8 Å². The van der Waals surface area contributed by atoms with Crippen LogP contribution < -0.4 is 5.32 Å². The molecule has 0 saturated carbocycles. The first-order chi connectivity index (χ1) is 9.28. The fraction of sp³-hybridized carbons (Fsp3) is 0.133. The molecule has 0 unspecified atom stereocenters. The second-order valence-corrected chi connectivity index (χ2v) is 4.12. The molecule has 1 aromatic carbocycles. The van der Waals surface area contributed by atoms with Gasteiger partial charge in [0.05, 0.1) is 18.1 Å². The van der Waals surface area contributed by atoms with Crippen molar-refractivity contribution in [1.82, 2.24) is 10.3 Å². The van der Waals surface area contributed by atoms with Gasteiger partial charge in [0.25, 0.3) is 0 Å². The number of hydrogen-bond donors (Lipinski definition) is 1. The molecule has 0 aliphatic heterocycles. The van der Waals surface area contributed by atoms with Gasteiger partial charge in [0.2, 0.25) is 5.91 Å².